The van der Waals surface area contributed by atoms with E-state index in [4.69, 9.17) is 5.11 Å². The van der Waals surface area contributed by atoms with Crippen molar-refractivity contribution < 1.29 is 9.90 Å². The number of rotatable bonds is 7. The fourth-order valence-corrected chi connectivity index (χ4v) is 2.37. The molecular formula is C10H21N3O2S. The fourth-order valence-electron chi connectivity index (χ4n) is 1.72. The molecule has 6 heteroatoms. The van der Waals surface area contributed by atoms with Gasteiger partial charge in [-0.25, -0.2) is 4.79 Å². The highest BCUT2D eigenvalue weighted by atomic mass is 32.2. The highest BCUT2D eigenvalue weighted by Crippen LogP contribution is 2.09. The van der Waals surface area contributed by atoms with E-state index in [2.05, 4.69) is 17.6 Å². The van der Waals surface area contributed by atoms with Gasteiger partial charge in [-0.05, 0) is 13.2 Å². The molecule has 16 heavy (non-hydrogen) atoms. The maximum absolute atomic E-state index is 11.2. The molecule has 0 saturated carbocycles. The first-order chi connectivity index (χ1) is 7.69. The number of amides is 2. The van der Waals surface area contributed by atoms with E-state index in [1.54, 1.807) is 16.7 Å². The average Bonchev–Trinajstić information content (AvgIpc) is 2.66. The minimum atomic E-state index is 0.0260. The summed E-state index contributed by atoms with van der Waals surface area (Å²) >= 11 is 1.66. The van der Waals surface area contributed by atoms with Crippen LogP contribution < -0.4 is 10.6 Å². The zero-order valence-electron chi connectivity index (χ0n) is 9.90. The average molecular weight is 247 g/mol. The summed E-state index contributed by atoms with van der Waals surface area (Å²) in [6.07, 6.45) is 1.99. The monoisotopic (exact) mass is 247 g/mol. The Morgan fingerprint density at radius 1 is 1.69 bits per heavy atom. The number of carbonyl (C=O) groups excluding carboxylic acids is 1. The van der Waals surface area contributed by atoms with Gasteiger partial charge in [0.1, 0.15) is 0 Å². The van der Waals surface area contributed by atoms with Crippen LogP contribution in [0.4, 0.5) is 4.79 Å². The molecule has 94 valence electrons. The molecule has 0 aromatic rings. The third-order valence-corrected chi connectivity index (χ3v) is 4.00. The van der Waals surface area contributed by atoms with Gasteiger partial charge in [0.15, 0.2) is 0 Å². The predicted molar refractivity (Wildman–Crippen MR) is 66.8 cm³/mol. The minimum Gasteiger partial charge on any atom is -0.395 e. The number of aliphatic hydroxyl groups is 1. The lowest BCUT2D eigenvalue weighted by Gasteiger charge is -2.22. The Kier molecular flexibility index (Phi) is 5.94. The topological polar surface area (TPSA) is 64.6 Å². The normalized spacial score (nSPS) is 19.7. The molecule has 0 radical (unpaired) electrons. The van der Waals surface area contributed by atoms with Gasteiger partial charge in [0, 0.05) is 37.5 Å². The Hall–Kier alpha value is -0.460. The summed E-state index contributed by atoms with van der Waals surface area (Å²) in [6, 6.07) is 0.281. The van der Waals surface area contributed by atoms with Gasteiger partial charge in [0.05, 0.1) is 6.61 Å². The Balaban J connectivity index is 2.16. The van der Waals surface area contributed by atoms with Crippen LogP contribution in [0.25, 0.3) is 0 Å². The van der Waals surface area contributed by atoms with E-state index in [0.29, 0.717) is 0 Å². The maximum Gasteiger partial charge on any atom is 0.317 e. The molecule has 1 saturated heterocycles. The van der Waals surface area contributed by atoms with E-state index in [1.165, 1.54) is 0 Å². The van der Waals surface area contributed by atoms with Crippen molar-refractivity contribution in [3.05, 3.63) is 0 Å². The Morgan fingerprint density at radius 3 is 2.94 bits per heavy atom. The smallest absolute Gasteiger partial charge is 0.317 e. The van der Waals surface area contributed by atoms with Crippen molar-refractivity contribution in [1.82, 2.24) is 15.5 Å². The number of thioether (sulfide) groups is 1. The van der Waals surface area contributed by atoms with Crippen molar-refractivity contribution >= 4 is 17.8 Å². The lowest BCUT2D eigenvalue weighted by molar-refractivity contribution is 0.216. The molecule has 0 aromatic heterocycles. The van der Waals surface area contributed by atoms with E-state index in [1.807, 2.05) is 6.26 Å². The maximum atomic E-state index is 11.2. The highest BCUT2D eigenvalue weighted by molar-refractivity contribution is 7.99. The Labute approximate surface area is 101 Å². The largest absolute Gasteiger partial charge is 0.395 e. The molecule has 2 amide bonds. The number of hydrogen-bond donors (Lipinski definition) is 3. The zero-order chi connectivity index (χ0) is 12.0. The van der Waals surface area contributed by atoms with E-state index >= 15 is 0 Å². The molecular weight excluding hydrogens is 226 g/mol. The number of urea groups is 1. The number of nitrogens with zero attached hydrogens (tertiary/aromatic N) is 1. The molecule has 1 fully saturated rings. The first-order valence-electron chi connectivity index (χ1n) is 5.59. The zero-order valence-corrected chi connectivity index (χ0v) is 10.7. The lowest BCUT2D eigenvalue weighted by Crippen LogP contribution is -2.42. The van der Waals surface area contributed by atoms with Crippen LogP contribution in [0.2, 0.25) is 0 Å². The predicted octanol–water partition coefficient (Wildman–Crippen LogP) is -0.286. The van der Waals surface area contributed by atoms with Crippen LogP contribution in [0, 0.1) is 0 Å². The van der Waals surface area contributed by atoms with Crippen LogP contribution in [0.3, 0.4) is 0 Å². The van der Waals surface area contributed by atoms with E-state index in [-0.39, 0.29) is 23.9 Å². The second kappa shape index (κ2) is 6.98. The van der Waals surface area contributed by atoms with Gasteiger partial charge >= 0.3 is 6.03 Å². The van der Waals surface area contributed by atoms with Crippen LogP contribution >= 0.6 is 11.8 Å². The molecule has 0 bridgehead atoms. The van der Waals surface area contributed by atoms with Gasteiger partial charge in [0.25, 0.3) is 0 Å². The second-order valence-electron chi connectivity index (χ2n) is 3.92. The highest BCUT2D eigenvalue weighted by Gasteiger charge is 2.19. The van der Waals surface area contributed by atoms with Gasteiger partial charge in [-0.15, -0.1) is 0 Å². The standard InChI is InChI=1S/C10H21N3O2S/c1-8(9(7-14)16-2)11-3-5-13-6-4-12-10(13)15/h8-9,11,14H,3-7H2,1-2H3,(H,12,15). The van der Waals surface area contributed by atoms with Crippen molar-refractivity contribution in [2.24, 2.45) is 0 Å². The third-order valence-electron chi connectivity index (χ3n) is 2.83. The summed E-state index contributed by atoms with van der Waals surface area (Å²) in [6.45, 7) is 5.27. The van der Waals surface area contributed by atoms with Crippen LogP contribution in [0.1, 0.15) is 6.92 Å². The third kappa shape index (κ3) is 3.84. The van der Waals surface area contributed by atoms with E-state index < -0.39 is 0 Å². The van der Waals surface area contributed by atoms with Crippen LogP contribution in [-0.4, -0.2) is 66.4 Å². The number of nitrogens with one attached hydrogen (secondary N) is 2. The van der Waals surface area contributed by atoms with E-state index in [0.717, 1.165) is 26.2 Å². The number of hydrogen-bond acceptors (Lipinski definition) is 4. The van der Waals surface area contributed by atoms with Crippen LogP contribution in [0.15, 0.2) is 0 Å². The fraction of sp³-hybridized carbons (Fsp3) is 0.900. The molecule has 0 spiro atoms. The molecule has 1 heterocycles. The van der Waals surface area contributed by atoms with Crippen molar-refractivity contribution in [3.63, 3.8) is 0 Å². The second-order valence-corrected chi connectivity index (χ2v) is 5.00. The molecule has 2 unspecified atom stereocenters. The van der Waals surface area contributed by atoms with Crippen molar-refractivity contribution in [1.29, 1.82) is 0 Å². The first kappa shape index (κ1) is 13.6. The van der Waals surface area contributed by atoms with Gasteiger partial charge in [-0.1, -0.05) is 0 Å². The summed E-state index contributed by atoms with van der Waals surface area (Å²) in [7, 11) is 0. The van der Waals surface area contributed by atoms with Gasteiger partial charge in [-0.3, -0.25) is 0 Å². The molecule has 2 atom stereocenters. The van der Waals surface area contributed by atoms with Gasteiger partial charge < -0.3 is 20.6 Å². The quantitative estimate of drug-likeness (QED) is 0.579. The molecule has 5 nitrogen and oxygen atoms in total. The summed E-state index contributed by atoms with van der Waals surface area (Å²) in [5.74, 6) is 0. The minimum absolute atomic E-state index is 0.0260. The summed E-state index contributed by atoms with van der Waals surface area (Å²) in [4.78, 5) is 13.0. The number of aliphatic hydroxyl groups excluding tert-OH is 1. The van der Waals surface area contributed by atoms with Crippen LogP contribution in [-0.2, 0) is 0 Å². The first-order valence-corrected chi connectivity index (χ1v) is 6.87. The molecule has 0 aliphatic carbocycles. The Morgan fingerprint density at radius 2 is 2.44 bits per heavy atom. The van der Waals surface area contributed by atoms with Gasteiger partial charge in [0.2, 0.25) is 0 Å². The molecule has 1 aliphatic heterocycles. The molecule has 3 N–H and O–H groups in total. The SMILES string of the molecule is CSC(CO)C(C)NCCN1CCNC1=O. The van der Waals surface area contributed by atoms with Gasteiger partial charge in [-0.2, -0.15) is 11.8 Å². The Bertz CT molecular complexity index is 224. The molecule has 1 rings (SSSR count). The van der Waals surface area contributed by atoms with Crippen LogP contribution in [0.5, 0.6) is 0 Å². The molecule has 0 aromatic carbocycles. The number of carbonyl (C=O) groups is 1. The van der Waals surface area contributed by atoms with Crippen molar-refractivity contribution in [2.75, 3.05) is 39.0 Å². The van der Waals surface area contributed by atoms with E-state index in [9.17, 15) is 4.79 Å². The summed E-state index contributed by atoms with van der Waals surface area (Å²) < 4.78 is 0. The molecule has 1 aliphatic rings. The lowest BCUT2D eigenvalue weighted by atomic mass is 10.2. The summed E-state index contributed by atoms with van der Waals surface area (Å²) in [5.41, 5.74) is 0. The summed E-state index contributed by atoms with van der Waals surface area (Å²) in [5, 5.41) is 15.4. The van der Waals surface area contributed by atoms with Crippen molar-refractivity contribution in [3.8, 4) is 0 Å². The van der Waals surface area contributed by atoms with Crippen molar-refractivity contribution in [2.45, 2.75) is 18.2 Å².